The molecule has 0 fully saturated rings. The van der Waals surface area contributed by atoms with Crippen molar-refractivity contribution in [1.29, 1.82) is 0 Å². The number of H-pyrrole nitrogens is 1. The van der Waals surface area contributed by atoms with Gasteiger partial charge in [0.2, 0.25) is 10.0 Å². The second-order valence-electron chi connectivity index (χ2n) is 4.50. The maximum absolute atomic E-state index is 13.5. The molecule has 0 spiro atoms. The van der Waals surface area contributed by atoms with E-state index in [1.807, 2.05) is 0 Å². The zero-order valence-corrected chi connectivity index (χ0v) is 11.7. The van der Waals surface area contributed by atoms with Gasteiger partial charge in [-0.2, -0.15) is 0 Å². The van der Waals surface area contributed by atoms with Crippen LogP contribution < -0.4 is 4.72 Å². The first kappa shape index (κ1) is 13.7. The van der Waals surface area contributed by atoms with E-state index >= 15 is 0 Å². The number of imidazole rings is 1. The van der Waals surface area contributed by atoms with E-state index in [4.69, 9.17) is 0 Å². The van der Waals surface area contributed by atoms with Crippen LogP contribution in [-0.4, -0.2) is 18.4 Å². The molecule has 21 heavy (non-hydrogen) atoms. The number of hydrogen-bond acceptors (Lipinski definition) is 3. The Bertz CT molecular complexity index is 890. The standard InChI is InChI=1S/C14H12FN3O2S/c15-12-4-2-1-3-10(12)8-18-21(19,20)11-5-6-13-14(7-11)17-9-16-13/h1-7,9,18H,8H2,(H,16,17). The molecule has 108 valence electrons. The Hall–Kier alpha value is -2.25. The molecule has 0 radical (unpaired) electrons. The number of benzene rings is 2. The summed E-state index contributed by atoms with van der Waals surface area (Å²) >= 11 is 0. The van der Waals surface area contributed by atoms with Gasteiger partial charge in [0.05, 0.1) is 22.3 Å². The minimum absolute atomic E-state index is 0.101. The number of sulfonamides is 1. The summed E-state index contributed by atoms with van der Waals surface area (Å²) in [6, 6.07) is 10.6. The molecular weight excluding hydrogens is 293 g/mol. The molecule has 3 aromatic rings. The van der Waals surface area contributed by atoms with Gasteiger partial charge in [-0.3, -0.25) is 0 Å². The van der Waals surface area contributed by atoms with Crippen LogP contribution in [-0.2, 0) is 16.6 Å². The Morgan fingerprint density at radius 3 is 2.81 bits per heavy atom. The van der Waals surface area contributed by atoms with Gasteiger partial charge >= 0.3 is 0 Å². The van der Waals surface area contributed by atoms with Gasteiger partial charge in [-0.25, -0.2) is 22.5 Å². The van der Waals surface area contributed by atoms with Crippen molar-refractivity contribution >= 4 is 21.1 Å². The van der Waals surface area contributed by atoms with Crippen molar-refractivity contribution in [2.45, 2.75) is 11.4 Å². The Kier molecular flexibility index (Phi) is 3.44. The summed E-state index contributed by atoms with van der Waals surface area (Å²) < 4.78 is 40.3. The quantitative estimate of drug-likeness (QED) is 0.776. The fraction of sp³-hybridized carbons (Fsp3) is 0.0714. The lowest BCUT2D eigenvalue weighted by atomic mass is 10.2. The van der Waals surface area contributed by atoms with Crippen molar-refractivity contribution in [2.75, 3.05) is 0 Å². The van der Waals surface area contributed by atoms with Crippen molar-refractivity contribution in [3.05, 3.63) is 60.2 Å². The number of aromatic amines is 1. The lowest BCUT2D eigenvalue weighted by Crippen LogP contribution is -2.23. The number of halogens is 1. The average molecular weight is 305 g/mol. The molecule has 2 N–H and O–H groups in total. The predicted molar refractivity (Wildman–Crippen MR) is 76.5 cm³/mol. The van der Waals surface area contributed by atoms with Crippen LogP contribution in [0.3, 0.4) is 0 Å². The van der Waals surface area contributed by atoms with Gasteiger partial charge in [-0.15, -0.1) is 0 Å². The summed E-state index contributed by atoms with van der Waals surface area (Å²) in [6.07, 6.45) is 1.49. The number of hydrogen-bond donors (Lipinski definition) is 2. The summed E-state index contributed by atoms with van der Waals surface area (Å²) in [4.78, 5) is 6.99. The van der Waals surface area contributed by atoms with E-state index in [1.54, 1.807) is 18.2 Å². The molecule has 1 aromatic heterocycles. The maximum Gasteiger partial charge on any atom is 0.240 e. The largest absolute Gasteiger partial charge is 0.345 e. The van der Waals surface area contributed by atoms with Crippen molar-refractivity contribution in [2.24, 2.45) is 0 Å². The molecular formula is C14H12FN3O2S. The second-order valence-corrected chi connectivity index (χ2v) is 6.26. The van der Waals surface area contributed by atoms with Crippen LogP contribution in [0.15, 0.2) is 53.7 Å². The number of fused-ring (bicyclic) bond motifs is 1. The third-order valence-electron chi connectivity index (χ3n) is 3.11. The van der Waals surface area contributed by atoms with E-state index in [0.717, 1.165) is 0 Å². The second kappa shape index (κ2) is 5.27. The Morgan fingerprint density at radius 2 is 2.00 bits per heavy atom. The average Bonchev–Trinajstić information content (AvgIpc) is 2.94. The highest BCUT2D eigenvalue weighted by Crippen LogP contribution is 2.16. The van der Waals surface area contributed by atoms with E-state index in [1.165, 1.54) is 30.6 Å². The molecule has 7 heteroatoms. The van der Waals surface area contributed by atoms with Gasteiger partial charge in [0.1, 0.15) is 5.82 Å². The molecule has 0 atom stereocenters. The molecule has 0 aliphatic carbocycles. The van der Waals surface area contributed by atoms with E-state index in [-0.39, 0.29) is 11.4 Å². The van der Waals surface area contributed by atoms with E-state index in [2.05, 4.69) is 14.7 Å². The van der Waals surface area contributed by atoms with E-state index in [9.17, 15) is 12.8 Å². The minimum atomic E-state index is -3.71. The lowest BCUT2D eigenvalue weighted by Gasteiger charge is -2.07. The predicted octanol–water partition coefficient (Wildman–Crippen LogP) is 2.18. The highest BCUT2D eigenvalue weighted by molar-refractivity contribution is 7.89. The van der Waals surface area contributed by atoms with E-state index < -0.39 is 15.8 Å². The van der Waals surface area contributed by atoms with Crippen LogP contribution in [0.5, 0.6) is 0 Å². The SMILES string of the molecule is O=S(=O)(NCc1ccccc1F)c1ccc2nc[nH]c2c1. The smallest absolute Gasteiger partial charge is 0.240 e. The molecule has 0 bridgehead atoms. The fourth-order valence-electron chi connectivity index (χ4n) is 1.98. The highest BCUT2D eigenvalue weighted by atomic mass is 32.2. The maximum atomic E-state index is 13.5. The van der Waals surface area contributed by atoms with Crippen LogP contribution in [0.2, 0.25) is 0 Å². The lowest BCUT2D eigenvalue weighted by molar-refractivity contribution is 0.574. The topological polar surface area (TPSA) is 74.8 Å². The van der Waals surface area contributed by atoms with Crippen LogP contribution in [0.25, 0.3) is 11.0 Å². The number of nitrogens with one attached hydrogen (secondary N) is 2. The first-order chi connectivity index (χ1) is 10.1. The van der Waals surface area contributed by atoms with Crippen LogP contribution in [0.4, 0.5) is 4.39 Å². The van der Waals surface area contributed by atoms with Crippen LogP contribution >= 0.6 is 0 Å². The third kappa shape index (κ3) is 2.79. The van der Waals surface area contributed by atoms with Gasteiger partial charge in [0.15, 0.2) is 0 Å². The molecule has 2 aromatic carbocycles. The van der Waals surface area contributed by atoms with Crippen LogP contribution in [0, 0.1) is 5.82 Å². The highest BCUT2D eigenvalue weighted by Gasteiger charge is 2.15. The summed E-state index contributed by atoms with van der Waals surface area (Å²) in [7, 11) is -3.71. The summed E-state index contributed by atoms with van der Waals surface area (Å²) in [5.74, 6) is -0.441. The first-order valence-corrected chi connectivity index (χ1v) is 7.71. The zero-order chi connectivity index (χ0) is 14.9. The summed E-state index contributed by atoms with van der Waals surface area (Å²) in [5.41, 5.74) is 1.61. The third-order valence-corrected chi connectivity index (χ3v) is 4.51. The minimum Gasteiger partial charge on any atom is -0.345 e. The van der Waals surface area contributed by atoms with Crippen molar-refractivity contribution in [3.8, 4) is 0 Å². The number of aromatic nitrogens is 2. The molecule has 0 aliphatic heterocycles. The van der Waals surface area contributed by atoms with Gasteiger partial charge in [0, 0.05) is 12.1 Å². The number of nitrogens with zero attached hydrogens (tertiary/aromatic N) is 1. The fourth-order valence-corrected chi connectivity index (χ4v) is 3.01. The zero-order valence-electron chi connectivity index (χ0n) is 10.9. The van der Waals surface area contributed by atoms with Crippen LogP contribution in [0.1, 0.15) is 5.56 Å². The molecule has 0 amide bonds. The summed E-state index contributed by atoms with van der Waals surface area (Å²) in [5, 5.41) is 0. The van der Waals surface area contributed by atoms with Crippen molar-refractivity contribution in [3.63, 3.8) is 0 Å². The molecule has 0 saturated carbocycles. The molecule has 3 rings (SSSR count). The molecule has 5 nitrogen and oxygen atoms in total. The Morgan fingerprint density at radius 1 is 1.19 bits per heavy atom. The molecule has 0 saturated heterocycles. The van der Waals surface area contributed by atoms with Gasteiger partial charge in [-0.05, 0) is 24.3 Å². The summed E-state index contributed by atoms with van der Waals surface area (Å²) in [6.45, 7) is -0.101. The van der Waals surface area contributed by atoms with E-state index in [0.29, 0.717) is 16.6 Å². The first-order valence-electron chi connectivity index (χ1n) is 6.22. The molecule has 0 aliphatic rings. The Labute approximate surface area is 120 Å². The monoisotopic (exact) mass is 305 g/mol. The van der Waals surface area contributed by atoms with Crippen molar-refractivity contribution in [1.82, 2.24) is 14.7 Å². The molecule has 0 unspecified atom stereocenters. The van der Waals surface area contributed by atoms with Crippen molar-refractivity contribution < 1.29 is 12.8 Å². The number of rotatable bonds is 4. The van der Waals surface area contributed by atoms with Gasteiger partial charge in [0.25, 0.3) is 0 Å². The van der Waals surface area contributed by atoms with Gasteiger partial charge in [-0.1, -0.05) is 18.2 Å². The molecule has 1 heterocycles. The normalized spacial score (nSPS) is 11.9. The van der Waals surface area contributed by atoms with Gasteiger partial charge < -0.3 is 4.98 Å². The Balaban J connectivity index is 1.85.